The second-order valence-electron chi connectivity index (χ2n) is 12.3. The number of fused-ring (bicyclic) bond motifs is 15. The molecular formula is C34H40N6O7. The smallest absolute Gasteiger partial charge is 0.274 e. The zero-order valence-corrected chi connectivity index (χ0v) is 26.6. The van der Waals surface area contributed by atoms with Crippen molar-refractivity contribution in [2.45, 2.75) is 76.0 Å². The van der Waals surface area contributed by atoms with Gasteiger partial charge in [-0.15, -0.1) is 0 Å². The Morgan fingerprint density at radius 1 is 0.979 bits per heavy atom. The molecule has 5 amide bonds. The first-order valence-electron chi connectivity index (χ1n) is 15.8. The molecule has 47 heavy (non-hydrogen) atoms. The van der Waals surface area contributed by atoms with E-state index in [1.54, 1.807) is 24.3 Å². The fourth-order valence-corrected chi connectivity index (χ4v) is 5.16. The Balaban J connectivity index is 1.38. The van der Waals surface area contributed by atoms with Gasteiger partial charge in [-0.3, -0.25) is 24.0 Å². The van der Waals surface area contributed by atoms with Gasteiger partial charge in [-0.1, -0.05) is 61.5 Å². The van der Waals surface area contributed by atoms with E-state index in [4.69, 9.17) is 9.26 Å². The van der Waals surface area contributed by atoms with Gasteiger partial charge in [0.25, 0.3) is 5.91 Å². The normalized spacial score (nSPS) is 22.0. The number of hydrogen-bond donors (Lipinski definition) is 5. The Labute approximate surface area is 272 Å². The lowest BCUT2D eigenvalue weighted by Crippen LogP contribution is -2.59. The maximum atomic E-state index is 13.6. The molecule has 3 atom stereocenters. The van der Waals surface area contributed by atoms with Gasteiger partial charge in [-0.25, -0.2) is 0 Å². The van der Waals surface area contributed by atoms with Crippen molar-refractivity contribution in [3.63, 3.8) is 0 Å². The van der Waals surface area contributed by atoms with Gasteiger partial charge in [0.1, 0.15) is 41.8 Å². The molecule has 3 heterocycles. The van der Waals surface area contributed by atoms with Crippen LogP contribution in [0.5, 0.6) is 5.75 Å². The van der Waals surface area contributed by atoms with Crippen molar-refractivity contribution < 1.29 is 33.2 Å². The van der Waals surface area contributed by atoms with Crippen LogP contribution in [0, 0.1) is 0 Å². The highest BCUT2D eigenvalue weighted by Crippen LogP contribution is 2.35. The first-order chi connectivity index (χ1) is 22.5. The molecule has 1 aliphatic carbocycles. The van der Waals surface area contributed by atoms with E-state index < -0.39 is 47.3 Å². The van der Waals surface area contributed by atoms with Crippen LogP contribution in [0.2, 0.25) is 0 Å². The Kier molecular flexibility index (Phi) is 10.2. The van der Waals surface area contributed by atoms with Crippen LogP contribution in [0.25, 0.3) is 0 Å². The summed E-state index contributed by atoms with van der Waals surface area (Å²) >= 11 is 0. The number of amides is 5. The Morgan fingerprint density at radius 2 is 1.70 bits per heavy atom. The molecule has 248 valence electrons. The first-order valence-corrected chi connectivity index (χ1v) is 15.8. The van der Waals surface area contributed by atoms with Gasteiger partial charge in [0.2, 0.25) is 23.6 Å². The van der Waals surface area contributed by atoms with E-state index in [-0.39, 0.29) is 43.5 Å². The zero-order valence-electron chi connectivity index (χ0n) is 26.6. The van der Waals surface area contributed by atoms with Crippen molar-refractivity contribution >= 4 is 29.5 Å². The molecule has 0 radical (unpaired) electrons. The Hall–Kier alpha value is -5.20. The van der Waals surface area contributed by atoms with E-state index in [0.29, 0.717) is 24.4 Å². The minimum atomic E-state index is -1.08. The third-order valence-electron chi connectivity index (χ3n) is 8.19. The number of carbonyl (C=O) groups is 5. The summed E-state index contributed by atoms with van der Waals surface area (Å²) in [4.78, 5) is 66.7. The quantitative estimate of drug-likeness (QED) is 0.259. The predicted molar refractivity (Wildman–Crippen MR) is 170 cm³/mol. The number of aromatic nitrogens is 1. The molecule has 3 aliphatic rings. The van der Waals surface area contributed by atoms with Gasteiger partial charge in [-0.2, -0.15) is 0 Å². The van der Waals surface area contributed by atoms with Crippen molar-refractivity contribution in [1.82, 2.24) is 31.7 Å². The lowest BCUT2D eigenvalue weighted by molar-refractivity contribution is -0.134. The second-order valence-corrected chi connectivity index (χ2v) is 12.3. The number of carbonyl (C=O) groups excluding carboxylic acids is 5. The molecule has 1 aromatic heterocycles. The molecule has 2 aliphatic heterocycles. The lowest BCUT2D eigenvalue weighted by atomic mass is 10.0. The molecule has 13 nitrogen and oxygen atoms in total. The molecule has 13 heteroatoms. The van der Waals surface area contributed by atoms with E-state index in [1.165, 1.54) is 13.0 Å². The van der Waals surface area contributed by atoms with Gasteiger partial charge in [0.05, 0.1) is 6.54 Å². The van der Waals surface area contributed by atoms with Gasteiger partial charge in [-0.05, 0) is 43.0 Å². The minimum absolute atomic E-state index is 0.0103. The van der Waals surface area contributed by atoms with Crippen LogP contribution >= 0.6 is 0 Å². The van der Waals surface area contributed by atoms with E-state index in [0.717, 1.165) is 11.1 Å². The number of nitrogens with one attached hydrogen (secondary N) is 5. The van der Waals surface area contributed by atoms with Crippen LogP contribution in [0.4, 0.5) is 0 Å². The summed E-state index contributed by atoms with van der Waals surface area (Å²) in [5.41, 5.74) is 0.478. The van der Waals surface area contributed by atoms with Crippen molar-refractivity contribution in [2.24, 2.45) is 0 Å². The van der Waals surface area contributed by atoms with E-state index in [2.05, 4.69) is 31.7 Å². The molecule has 1 spiro atoms. The SMILES string of the molecule is CC(C)c1cc(C(=O)N[C@H]2Cc3ccc(cc3)OCCNC(=O)C3(CC3)NC(=O)[C@@H](Cc3ccccc3)NC(=O)[C@H](C)NC2=O)no1. The topological polar surface area (TPSA) is 181 Å². The first kappa shape index (κ1) is 33.2. The Bertz CT molecular complexity index is 1600. The monoisotopic (exact) mass is 644 g/mol. The highest BCUT2D eigenvalue weighted by Gasteiger charge is 2.51. The zero-order chi connectivity index (χ0) is 33.6. The fraction of sp³-hybridized carbons (Fsp3) is 0.412. The largest absolute Gasteiger partial charge is 0.492 e. The number of ether oxygens (including phenoxy) is 1. The van der Waals surface area contributed by atoms with E-state index in [1.807, 2.05) is 44.2 Å². The number of rotatable bonds is 5. The molecule has 2 aromatic carbocycles. The van der Waals surface area contributed by atoms with Crippen LogP contribution in [-0.4, -0.2) is 71.5 Å². The summed E-state index contributed by atoms with van der Waals surface area (Å²) < 4.78 is 11.0. The highest BCUT2D eigenvalue weighted by atomic mass is 16.5. The van der Waals surface area contributed by atoms with Crippen LogP contribution in [0.3, 0.4) is 0 Å². The molecule has 3 aromatic rings. The average molecular weight is 645 g/mol. The maximum absolute atomic E-state index is 13.6. The number of nitrogens with zero attached hydrogens (tertiary/aromatic N) is 1. The standard InChI is InChI=1S/C34H40N6O7/c1-20(2)28-19-27(40-47-28)31(43)38-25-18-23-9-11-24(12-10-23)46-16-15-35-33(45)34(13-14-34)39-32(44)26(17-22-7-5-4-6-8-22)37-29(41)21(3)36-30(25)42/h4-12,19-21,25-26H,13-18H2,1-3H3,(H,35,45)(H,36,42)(H,37,41)(H,38,43)(H,39,44)/t21-,25-,26+/m0/s1. The summed E-state index contributed by atoms with van der Waals surface area (Å²) in [5.74, 6) is -1.57. The second kappa shape index (κ2) is 14.5. The van der Waals surface area contributed by atoms with Crippen molar-refractivity contribution in [3.8, 4) is 5.75 Å². The van der Waals surface area contributed by atoms with Crippen molar-refractivity contribution in [2.75, 3.05) is 13.2 Å². The van der Waals surface area contributed by atoms with Crippen LogP contribution < -0.4 is 31.3 Å². The summed E-state index contributed by atoms with van der Waals surface area (Å²) in [6.07, 6.45) is 1.18. The number of benzene rings is 2. The van der Waals surface area contributed by atoms with Crippen LogP contribution in [-0.2, 0) is 32.0 Å². The van der Waals surface area contributed by atoms with Crippen molar-refractivity contribution in [1.29, 1.82) is 0 Å². The van der Waals surface area contributed by atoms with E-state index in [9.17, 15) is 24.0 Å². The molecule has 5 N–H and O–H groups in total. The Morgan fingerprint density at radius 3 is 2.36 bits per heavy atom. The molecular weight excluding hydrogens is 604 g/mol. The molecule has 1 fully saturated rings. The molecule has 0 saturated heterocycles. The fourth-order valence-electron chi connectivity index (χ4n) is 5.16. The van der Waals surface area contributed by atoms with Gasteiger partial charge in [0.15, 0.2) is 5.69 Å². The van der Waals surface area contributed by atoms with Gasteiger partial charge < -0.3 is 35.8 Å². The maximum Gasteiger partial charge on any atom is 0.274 e. The molecule has 1 saturated carbocycles. The predicted octanol–water partition coefficient (Wildman–Crippen LogP) is 1.53. The van der Waals surface area contributed by atoms with Crippen molar-refractivity contribution in [3.05, 3.63) is 83.2 Å². The summed E-state index contributed by atoms with van der Waals surface area (Å²) in [6.45, 7) is 5.70. The minimum Gasteiger partial charge on any atom is -0.492 e. The average Bonchev–Trinajstić information content (AvgIpc) is 3.65. The molecule has 6 rings (SSSR count). The molecule has 2 bridgehead atoms. The van der Waals surface area contributed by atoms with Crippen LogP contribution in [0.15, 0.2) is 65.2 Å². The summed E-state index contributed by atoms with van der Waals surface area (Å²) in [7, 11) is 0. The van der Waals surface area contributed by atoms with E-state index >= 15 is 0 Å². The number of hydrogen-bond acceptors (Lipinski definition) is 8. The van der Waals surface area contributed by atoms with Crippen LogP contribution in [0.1, 0.15) is 66.9 Å². The highest BCUT2D eigenvalue weighted by molar-refractivity contribution is 5.99. The molecule has 0 unspecified atom stereocenters. The van der Waals surface area contributed by atoms with Gasteiger partial charge >= 0.3 is 0 Å². The third-order valence-corrected chi connectivity index (χ3v) is 8.19. The van der Waals surface area contributed by atoms with Gasteiger partial charge in [0, 0.05) is 24.8 Å². The summed E-state index contributed by atoms with van der Waals surface area (Å²) in [5, 5.41) is 17.7. The lowest BCUT2D eigenvalue weighted by Gasteiger charge is -2.25. The third kappa shape index (κ3) is 8.54. The summed E-state index contributed by atoms with van der Waals surface area (Å²) in [6, 6.07) is 14.5.